The van der Waals surface area contributed by atoms with Crippen molar-refractivity contribution in [3.8, 4) is 0 Å². The number of hydrogen-bond donors (Lipinski definition) is 1. The van der Waals surface area contributed by atoms with Crippen LogP contribution in [0.2, 0.25) is 5.15 Å². The quantitative estimate of drug-likeness (QED) is 0.851. The fourth-order valence-electron chi connectivity index (χ4n) is 4.15. The molecule has 2 fully saturated rings. The van der Waals surface area contributed by atoms with Crippen molar-refractivity contribution < 1.29 is 0 Å². The SMILES string of the molecule is CC1(C)C(n2c(=O)[nH]c(Cl)c(C3CCCC3)c2=O)C1(C)C. The molecule has 1 aromatic rings. The van der Waals surface area contributed by atoms with Crippen LogP contribution in [0, 0.1) is 10.8 Å². The van der Waals surface area contributed by atoms with Crippen LogP contribution in [0.15, 0.2) is 9.59 Å². The van der Waals surface area contributed by atoms with Gasteiger partial charge in [-0.15, -0.1) is 0 Å². The molecule has 0 amide bonds. The lowest BCUT2D eigenvalue weighted by molar-refractivity contribution is 0.457. The zero-order chi connectivity index (χ0) is 15.6. The Kier molecular flexibility index (Phi) is 3.18. The Morgan fingerprint density at radius 1 is 1.10 bits per heavy atom. The molecule has 1 heterocycles. The average Bonchev–Trinajstić information content (AvgIpc) is 2.77. The van der Waals surface area contributed by atoms with Crippen LogP contribution in [0.3, 0.4) is 0 Å². The van der Waals surface area contributed by atoms with Crippen LogP contribution < -0.4 is 11.2 Å². The van der Waals surface area contributed by atoms with Gasteiger partial charge in [-0.05, 0) is 29.6 Å². The Bertz CT molecular complexity index is 679. The summed E-state index contributed by atoms with van der Waals surface area (Å²) in [5, 5.41) is 0.240. The minimum absolute atomic E-state index is 0.0649. The van der Waals surface area contributed by atoms with Crippen molar-refractivity contribution in [2.75, 3.05) is 0 Å². The Morgan fingerprint density at radius 3 is 2.10 bits per heavy atom. The molecule has 0 unspecified atom stereocenters. The molecule has 1 aromatic heterocycles. The molecule has 21 heavy (non-hydrogen) atoms. The first-order chi connectivity index (χ1) is 9.69. The van der Waals surface area contributed by atoms with Gasteiger partial charge in [0.2, 0.25) is 0 Å². The van der Waals surface area contributed by atoms with Crippen LogP contribution >= 0.6 is 11.6 Å². The predicted molar refractivity (Wildman–Crippen MR) is 84.1 cm³/mol. The fourth-order valence-corrected chi connectivity index (χ4v) is 4.46. The van der Waals surface area contributed by atoms with Crippen LogP contribution in [0.4, 0.5) is 0 Å². The van der Waals surface area contributed by atoms with Gasteiger partial charge >= 0.3 is 5.69 Å². The van der Waals surface area contributed by atoms with Gasteiger partial charge in [-0.1, -0.05) is 52.1 Å². The summed E-state index contributed by atoms with van der Waals surface area (Å²) in [6.45, 7) is 8.42. The first kappa shape index (κ1) is 14.9. The summed E-state index contributed by atoms with van der Waals surface area (Å²) in [4.78, 5) is 27.9. The average molecular weight is 311 g/mol. The van der Waals surface area contributed by atoms with Gasteiger partial charge in [-0.2, -0.15) is 0 Å². The third-order valence-electron chi connectivity index (χ3n) is 6.09. The minimum atomic E-state index is -0.379. The fraction of sp³-hybridized carbons (Fsp3) is 0.750. The highest BCUT2D eigenvalue weighted by atomic mass is 35.5. The standard InChI is InChI=1S/C16H23ClN2O2/c1-15(2)13(16(15,3)4)19-12(20)10(9-7-5-6-8-9)11(17)18-14(19)21/h9,13H,5-8H2,1-4H3,(H,18,21). The second-order valence-electron chi connectivity index (χ2n) is 7.66. The molecule has 116 valence electrons. The normalized spacial score (nSPS) is 24.4. The maximum atomic E-state index is 12.9. The Balaban J connectivity index is 2.17. The summed E-state index contributed by atoms with van der Waals surface area (Å²) < 4.78 is 1.42. The van der Waals surface area contributed by atoms with Crippen LogP contribution in [0.1, 0.15) is 70.9 Å². The Morgan fingerprint density at radius 2 is 1.62 bits per heavy atom. The third kappa shape index (κ3) is 1.95. The van der Waals surface area contributed by atoms with Gasteiger partial charge < -0.3 is 0 Å². The highest BCUT2D eigenvalue weighted by molar-refractivity contribution is 6.30. The lowest BCUT2D eigenvalue weighted by Gasteiger charge is -2.14. The first-order valence-corrected chi connectivity index (χ1v) is 8.11. The monoisotopic (exact) mass is 310 g/mol. The summed E-state index contributed by atoms with van der Waals surface area (Å²) in [6.07, 6.45) is 4.22. The number of aromatic nitrogens is 2. The van der Waals surface area contributed by atoms with Crippen molar-refractivity contribution in [3.05, 3.63) is 31.6 Å². The number of halogens is 1. The van der Waals surface area contributed by atoms with Crippen LogP contribution in [-0.4, -0.2) is 9.55 Å². The van der Waals surface area contributed by atoms with E-state index in [1.54, 1.807) is 0 Å². The molecule has 0 radical (unpaired) electrons. The highest BCUT2D eigenvalue weighted by Crippen LogP contribution is 2.70. The molecule has 0 saturated heterocycles. The minimum Gasteiger partial charge on any atom is -0.297 e. The molecule has 0 spiro atoms. The lowest BCUT2D eigenvalue weighted by Crippen LogP contribution is -2.39. The Hall–Kier alpha value is -1.03. The smallest absolute Gasteiger partial charge is 0.297 e. The van der Waals surface area contributed by atoms with Crippen LogP contribution in [0.5, 0.6) is 0 Å². The number of nitrogens with zero attached hydrogens (tertiary/aromatic N) is 1. The van der Waals surface area contributed by atoms with Gasteiger partial charge in [-0.25, -0.2) is 4.79 Å². The van der Waals surface area contributed by atoms with Gasteiger partial charge in [0.1, 0.15) is 5.15 Å². The summed E-state index contributed by atoms with van der Waals surface area (Å²) in [5.74, 6) is 0.193. The number of H-pyrrole nitrogens is 1. The predicted octanol–water partition coefficient (Wildman–Crippen LogP) is 3.45. The molecule has 1 N–H and O–H groups in total. The molecule has 3 rings (SSSR count). The molecular weight excluding hydrogens is 288 g/mol. The van der Waals surface area contributed by atoms with Gasteiger partial charge in [0.15, 0.2) is 0 Å². The zero-order valence-corrected chi connectivity index (χ0v) is 13.9. The molecule has 4 nitrogen and oxygen atoms in total. The second-order valence-corrected chi connectivity index (χ2v) is 8.04. The maximum absolute atomic E-state index is 12.9. The van der Waals surface area contributed by atoms with Crippen molar-refractivity contribution in [3.63, 3.8) is 0 Å². The summed E-state index contributed by atoms with van der Waals surface area (Å²) in [7, 11) is 0. The Labute approximate surface area is 129 Å². The molecule has 0 aromatic carbocycles. The van der Waals surface area contributed by atoms with E-state index >= 15 is 0 Å². The molecule has 0 atom stereocenters. The van der Waals surface area contributed by atoms with Crippen LogP contribution in [-0.2, 0) is 0 Å². The van der Waals surface area contributed by atoms with E-state index in [1.807, 2.05) is 0 Å². The van der Waals surface area contributed by atoms with Gasteiger partial charge in [0.25, 0.3) is 5.56 Å². The zero-order valence-electron chi connectivity index (χ0n) is 13.1. The summed E-state index contributed by atoms with van der Waals surface area (Å²) in [6, 6.07) is -0.0707. The summed E-state index contributed by atoms with van der Waals surface area (Å²) in [5.41, 5.74) is -0.0724. The molecule has 5 heteroatoms. The van der Waals surface area contributed by atoms with Crippen molar-refractivity contribution >= 4 is 11.6 Å². The van der Waals surface area contributed by atoms with E-state index in [9.17, 15) is 9.59 Å². The third-order valence-corrected chi connectivity index (χ3v) is 6.39. The number of hydrogen-bond acceptors (Lipinski definition) is 2. The van der Waals surface area contributed by atoms with Crippen molar-refractivity contribution in [1.29, 1.82) is 0 Å². The van der Waals surface area contributed by atoms with Gasteiger partial charge in [-0.3, -0.25) is 14.3 Å². The van der Waals surface area contributed by atoms with Crippen LogP contribution in [0.25, 0.3) is 0 Å². The number of aromatic amines is 1. The van der Waals surface area contributed by atoms with E-state index in [0.29, 0.717) is 5.56 Å². The van der Waals surface area contributed by atoms with Gasteiger partial charge in [0, 0.05) is 0 Å². The highest BCUT2D eigenvalue weighted by Gasteiger charge is 2.67. The number of rotatable bonds is 2. The summed E-state index contributed by atoms with van der Waals surface area (Å²) >= 11 is 6.19. The van der Waals surface area contributed by atoms with Gasteiger partial charge in [0.05, 0.1) is 11.6 Å². The molecular formula is C16H23ClN2O2. The topological polar surface area (TPSA) is 54.9 Å². The second kappa shape index (κ2) is 4.48. The molecule has 2 aliphatic rings. The van der Waals surface area contributed by atoms with E-state index in [2.05, 4.69) is 32.7 Å². The molecule has 2 aliphatic carbocycles. The lowest BCUT2D eigenvalue weighted by atomic mass is 10.0. The van der Waals surface area contributed by atoms with E-state index < -0.39 is 0 Å². The van der Waals surface area contributed by atoms with Crippen molar-refractivity contribution in [2.24, 2.45) is 10.8 Å². The largest absolute Gasteiger partial charge is 0.329 e. The van der Waals surface area contributed by atoms with Crippen molar-refractivity contribution in [2.45, 2.75) is 65.3 Å². The molecule has 2 saturated carbocycles. The molecule has 0 bridgehead atoms. The molecule has 0 aliphatic heterocycles. The maximum Gasteiger partial charge on any atom is 0.329 e. The van der Waals surface area contributed by atoms with Crippen molar-refractivity contribution in [1.82, 2.24) is 9.55 Å². The first-order valence-electron chi connectivity index (χ1n) is 7.74. The van der Waals surface area contributed by atoms with E-state index in [0.717, 1.165) is 25.7 Å². The number of nitrogens with one attached hydrogen (secondary N) is 1. The van der Waals surface area contributed by atoms with E-state index in [4.69, 9.17) is 11.6 Å². The van der Waals surface area contributed by atoms with E-state index in [-0.39, 0.29) is 39.2 Å². The van der Waals surface area contributed by atoms with E-state index in [1.165, 1.54) is 4.57 Å².